The second kappa shape index (κ2) is 5.79. The summed E-state index contributed by atoms with van der Waals surface area (Å²) in [5.41, 5.74) is 1.84. The molecule has 1 heterocycles. The zero-order valence-electron chi connectivity index (χ0n) is 12.5. The van der Waals surface area contributed by atoms with Crippen LogP contribution in [-0.4, -0.2) is 4.57 Å². The van der Waals surface area contributed by atoms with Gasteiger partial charge in [-0.3, -0.25) is 0 Å². The monoisotopic (exact) mass is 301 g/mol. The van der Waals surface area contributed by atoms with Crippen LogP contribution in [0.4, 0.5) is 8.78 Å². The van der Waals surface area contributed by atoms with E-state index < -0.39 is 0 Å². The number of fused-ring (bicyclic) bond motifs is 1. The number of rotatable bonds is 4. The molecule has 3 rings (SSSR count). The lowest BCUT2D eigenvalue weighted by Gasteiger charge is -2.15. The van der Waals surface area contributed by atoms with Gasteiger partial charge in [-0.1, -0.05) is 12.1 Å². The van der Waals surface area contributed by atoms with Crippen molar-refractivity contribution in [1.82, 2.24) is 4.57 Å². The number of para-hydroxylation sites is 1. The first-order valence-corrected chi connectivity index (χ1v) is 7.23. The molecule has 0 radical (unpaired) electrons. The van der Waals surface area contributed by atoms with Crippen molar-refractivity contribution in [3.8, 4) is 5.75 Å². The minimum absolute atomic E-state index is 0.196. The molecule has 1 aromatic heterocycles. The molecule has 0 atom stereocenters. The SMILES string of the molecule is CC(C)n1c(COc2ccccc2F)cc2cc(F)ccc21. The molecule has 2 nitrogen and oxygen atoms in total. The van der Waals surface area contributed by atoms with Gasteiger partial charge in [0.25, 0.3) is 0 Å². The summed E-state index contributed by atoms with van der Waals surface area (Å²) in [6, 6.07) is 13.1. The summed E-state index contributed by atoms with van der Waals surface area (Å²) in [5.74, 6) is -0.440. The van der Waals surface area contributed by atoms with Gasteiger partial charge in [-0.15, -0.1) is 0 Å². The summed E-state index contributed by atoms with van der Waals surface area (Å²) in [4.78, 5) is 0. The minimum Gasteiger partial charge on any atom is -0.484 e. The predicted molar refractivity (Wildman–Crippen MR) is 83.0 cm³/mol. The van der Waals surface area contributed by atoms with E-state index in [-0.39, 0.29) is 30.0 Å². The average molecular weight is 301 g/mol. The largest absolute Gasteiger partial charge is 0.484 e. The lowest BCUT2D eigenvalue weighted by molar-refractivity contribution is 0.279. The third kappa shape index (κ3) is 2.69. The average Bonchev–Trinajstić information content (AvgIpc) is 2.84. The Labute approximate surface area is 127 Å². The molecule has 0 saturated carbocycles. The highest BCUT2D eigenvalue weighted by Gasteiger charge is 2.13. The fraction of sp³-hybridized carbons (Fsp3) is 0.222. The maximum absolute atomic E-state index is 13.6. The number of hydrogen-bond acceptors (Lipinski definition) is 1. The van der Waals surface area contributed by atoms with Gasteiger partial charge in [-0.2, -0.15) is 0 Å². The lowest BCUT2D eigenvalue weighted by atomic mass is 10.2. The van der Waals surface area contributed by atoms with Gasteiger partial charge in [0.15, 0.2) is 11.6 Å². The van der Waals surface area contributed by atoms with Gasteiger partial charge >= 0.3 is 0 Å². The Bertz CT molecular complexity index is 808. The van der Waals surface area contributed by atoms with Gasteiger partial charge in [-0.05, 0) is 50.2 Å². The van der Waals surface area contributed by atoms with Gasteiger partial charge < -0.3 is 9.30 Å². The smallest absolute Gasteiger partial charge is 0.165 e. The molecule has 0 fully saturated rings. The van der Waals surface area contributed by atoms with Crippen molar-refractivity contribution in [2.24, 2.45) is 0 Å². The van der Waals surface area contributed by atoms with Crippen LogP contribution in [0.5, 0.6) is 5.75 Å². The first kappa shape index (κ1) is 14.6. The van der Waals surface area contributed by atoms with Gasteiger partial charge in [0.1, 0.15) is 12.4 Å². The Morgan fingerprint density at radius 1 is 1.05 bits per heavy atom. The zero-order valence-corrected chi connectivity index (χ0v) is 12.5. The highest BCUT2D eigenvalue weighted by molar-refractivity contribution is 5.81. The summed E-state index contributed by atoms with van der Waals surface area (Å²) >= 11 is 0. The van der Waals surface area contributed by atoms with Crippen molar-refractivity contribution in [3.05, 3.63) is 65.9 Å². The lowest BCUT2D eigenvalue weighted by Crippen LogP contribution is -2.08. The number of ether oxygens (including phenoxy) is 1. The summed E-state index contributed by atoms with van der Waals surface area (Å²) in [6.45, 7) is 4.33. The molecule has 0 spiro atoms. The molecule has 0 unspecified atom stereocenters. The molecule has 22 heavy (non-hydrogen) atoms. The molecule has 0 saturated heterocycles. The van der Waals surface area contributed by atoms with Crippen molar-refractivity contribution in [3.63, 3.8) is 0 Å². The van der Waals surface area contributed by atoms with Crippen molar-refractivity contribution in [2.75, 3.05) is 0 Å². The van der Waals surface area contributed by atoms with Crippen LogP contribution in [0.1, 0.15) is 25.6 Å². The molecular weight excluding hydrogens is 284 g/mol. The van der Waals surface area contributed by atoms with Crippen molar-refractivity contribution >= 4 is 10.9 Å². The van der Waals surface area contributed by atoms with Gasteiger partial charge in [-0.25, -0.2) is 8.78 Å². The van der Waals surface area contributed by atoms with E-state index in [1.807, 2.05) is 6.07 Å². The number of benzene rings is 2. The Kier molecular flexibility index (Phi) is 3.84. The molecule has 0 amide bonds. The summed E-state index contributed by atoms with van der Waals surface area (Å²) < 4.78 is 34.7. The predicted octanol–water partition coefficient (Wildman–Crippen LogP) is 5.08. The maximum Gasteiger partial charge on any atom is 0.165 e. The number of halogens is 2. The molecule has 0 N–H and O–H groups in total. The second-order valence-electron chi connectivity index (χ2n) is 5.52. The summed E-state index contributed by atoms with van der Waals surface area (Å²) in [6.07, 6.45) is 0. The van der Waals surface area contributed by atoms with E-state index in [0.717, 1.165) is 16.6 Å². The van der Waals surface area contributed by atoms with Crippen LogP contribution in [0.15, 0.2) is 48.5 Å². The van der Waals surface area contributed by atoms with Crippen LogP contribution in [0, 0.1) is 11.6 Å². The Hall–Kier alpha value is -2.36. The van der Waals surface area contributed by atoms with Crippen LogP contribution in [0.2, 0.25) is 0 Å². The van der Waals surface area contributed by atoms with E-state index in [2.05, 4.69) is 18.4 Å². The van der Waals surface area contributed by atoms with Crippen molar-refractivity contribution < 1.29 is 13.5 Å². The first-order valence-electron chi connectivity index (χ1n) is 7.23. The molecule has 114 valence electrons. The molecule has 0 bridgehead atoms. The van der Waals surface area contributed by atoms with Crippen LogP contribution in [0.3, 0.4) is 0 Å². The fourth-order valence-electron chi connectivity index (χ4n) is 2.70. The summed E-state index contributed by atoms with van der Waals surface area (Å²) in [7, 11) is 0. The topological polar surface area (TPSA) is 14.2 Å². The Balaban J connectivity index is 1.96. The van der Waals surface area contributed by atoms with Crippen LogP contribution < -0.4 is 4.74 Å². The van der Waals surface area contributed by atoms with Crippen molar-refractivity contribution in [1.29, 1.82) is 0 Å². The quantitative estimate of drug-likeness (QED) is 0.655. The van der Waals surface area contributed by atoms with Crippen LogP contribution >= 0.6 is 0 Å². The van der Waals surface area contributed by atoms with Crippen LogP contribution in [-0.2, 0) is 6.61 Å². The maximum atomic E-state index is 13.6. The Morgan fingerprint density at radius 3 is 2.55 bits per heavy atom. The Morgan fingerprint density at radius 2 is 1.82 bits per heavy atom. The molecule has 0 aliphatic rings. The van der Waals surface area contributed by atoms with Gasteiger partial charge in [0.05, 0.1) is 5.69 Å². The van der Waals surface area contributed by atoms with E-state index in [1.54, 1.807) is 24.3 Å². The number of nitrogens with zero attached hydrogens (tertiary/aromatic N) is 1. The third-order valence-electron chi connectivity index (χ3n) is 3.61. The van der Waals surface area contributed by atoms with Crippen molar-refractivity contribution in [2.45, 2.75) is 26.5 Å². The van der Waals surface area contributed by atoms with E-state index in [4.69, 9.17) is 4.74 Å². The highest BCUT2D eigenvalue weighted by atomic mass is 19.1. The first-order chi connectivity index (χ1) is 10.6. The number of hydrogen-bond donors (Lipinski definition) is 0. The molecule has 2 aromatic carbocycles. The van der Waals surface area contributed by atoms with E-state index >= 15 is 0 Å². The highest BCUT2D eigenvalue weighted by Crippen LogP contribution is 2.26. The van der Waals surface area contributed by atoms with Crippen LogP contribution in [0.25, 0.3) is 10.9 Å². The fourth-order valence-corrected chi connectivity index (χ4v) is 2.70. The summed E-state index contributed by atoms with van der Waals surface area (Å²) in [5, 5.41) is 0.820. The molecular formula is C18H17F2NO. The third-order valence-corrected chi connectivity index (χ3v) is 3.61. The molecule has 0 aliphatic heterocycles. The minimum atomic E-state index is -0.388. The normalized spacial score (nSPS) is 11.3. The van der Waals surface area contributed by atoms with E-state index in [0.29, 0.717) is 0 Å². The number of aromatic nitrogens is 1. The molecule has 4 heteroatoms. The zero-order chi connectivity index (χ0) is 15.7. The second-order valence-corrected chi connectivity index (χ2v) is 5.52. The van der Waals surface area contributed by atoms with Gasteiger partial charge in [0.2, 0.25) is 0 Å². The van der Waals surface area contributed by atoms with E-state index in [9.17, 15) is 8.78 Å². The van der Waals surface area contributed by atoms with E-state index in [1.165, 1.54) is 18.2 Å². The molecule has 0 aliphatic carbocycles. The molecule has 3 aromatic rings. The van der Waals surface area contributed by atoms with Gasteiger partial charge in [0, 0.05) is 16.9 Å². The standard InChI is InChI=1S/C18H17F2NO/c1-12(2)21-15(10-13-9-14(19)7-8-17(13)21)11-22-18-6-4-3-5-16(18)20/h3-10,12H,11H2,1-2H3.